The number of hydrogen-bond acceptors (Lipinski definition) is 4. The second-order valence-corrected chi connectivity index (χ2v) is 6.73. The van der Waals surface area contributed by atoms with Gasteiger partial charge >= 0.3 is 0 Å². The van der Waals surface area contributed by atoms with E-state index in [-0.39, 0.29) is 30.6 Å². The van der Waals surface area contributed by atoms with Crippen molar-refractivity contribution in [2.75, 3.05) is 33.3 Å². The molecule has 24 heavy (non-hydrogen) atoms. The first kappa shape index (κ1) is 23.6. The number of hydrogen-bond donors (Lipinski definition) is 2. The normalized spacial score (nSPS) is 16.2. The van der Waals surface area contributed by atoms with Gasteiger partial charge in [-0.2, -0.15) is 0 Å². The van der Waals surface area contributed by atoms with Crippen LogP contribution in [0, 0.1) is 5.92 Å². The molecule has 140 valence electrons. The largest absolute Gasteiger partial charge is 0.503 e. The minimum absolute atomic E-state index is 0. The lowest BCUT2D eigenvalue weighted by Gasteiger charge is -2.36. The molecule has 0 unspecified atom stereocenters. The average Bonchev–Trinajstić information content (AvgIpc) is 2.51. The van der Waals surface area contributed by atoms with Crippen molar-refractivity contribution in [3.05, 3.63) is 22.7 Å². The lowest BCUT2D eigenvalue weighted by Crippen LogP contribution is -2.45. The summed E-state index contributed by atoms with van der Waals surface area (Å²) in [5.41, 5.74) is 1.13. The number of phenolic OH excluding ortho intramolecular Hbond substituents is 1. The van der Waals surface area contributed by atoms with Crippen LogP contribution in [0.2, 0.25) is 5.02 Å². The molecule has 4 nitrogen and oxygen atoms in total. The van der Waals surface area contributed by atoms with Crippen LogP contribution in [0.3, 0.4) is 0 Å². The van der Waals surface area contributed by atoms with Crippen LogP contribution in [-0.4, -0.2) is 43.3 Å². The van der Waals surface area contributed by atoms with E-state index in [0.29, 0.717) is 22.7 Å². The van der Waals surface area contributed by atoms with E-state index in [9.17, 15) is 5.11 Å². The predicted molar refractivity (Wildman–Crippen MR) is 105 cm³/mol. The fourth-order valence-corrected chi connectivity index (χ4v) is 3.21. The summed E-state index contributed by atoms with van der Waals surface area (Å²) >= 11 is 6.18. The van der Waals surface area contributed by atoms with Crippen LogP contribution in [0.5, 0.6) is 11.5 Å². The van der Waals surface area contributed by atoms with Gasteiger partial charge in [-0.1, -0.05) is 25.4 Å². The Bertz CT molecular complexity index is 495. The first-order valence-electron chi connectivity index (χ1n) is 8.04. The Morgan fingerprint density at radius 3 is 2.38 bits per heavy atom. The summed E-state index contributed by atoms with van der Waals surface area (Å²) < 4.78 is 5.26. The van der Waals surface area contributed by atoms with Gasteiger partial charge in [0.15, 0.2) is 11.5 Å². The minimum atomic E-state index is 0. The van der Waals surface area contributed by atoms with Gasteiger partial charge in [0, 0.05) is 32.2 Å². The van der Waals surface area contributed by atoms with Gasteiger partial charge in [0.25, 0.3) is 0 Å². The van der Waals surface area contributed by atoms with Crippen molar-refractivity contribution in [1.29, 1.82) is 0 Å². The third kappa shape index (κ3) is 6.16. The summed E-state index contributed by atoms with van der Waals surface area (Å²) in [6, 6.07) is 4.12. The molecule has 0 bridgehead atoms. The fraction of sp³-hybridized carbons (Fsp3) is 0.647. The van der Waals surface area contributed by atoms with Gasteiger partial charge in [0.1, 0.15) is 0 Å². The lowest BCUT2D eigenvalue weighted by atomic mass is 9.95. The topological polar surface area (TPSA) is 44.7 Å². The van der Waals surface area contributed by atoms with E-state index in [2.05, 4.69) is 24.1 Å². The molecule has 0 aromatic heterocycles. The van der Waals surface area contributed by atoms with Crippen LogP contribution in [0.4, 0.5) is 0 Å². The Morgan fingerprint density at radius 1 is 1.21 bits per heavy atom. The third-order valence-corrected chi connectivity index (χ3v) is 4.55. The molecule has 7 heteroatoms. The van der Waals surface area contributed by atoms with Gasteiger partial charge in [-0.25, -0.2) is 0 Å². The molecule has 2 rings (SSSR count). The van der Waals surface area contributed by atoms with Crippen molar-refractivity contribution in [3.8, 4) is 11.5 Å². The molecule has 1 aliphatic rings. The smallest absolute Gasteiger partial charge is 0.176 e. The maximum atomic E-state index is 9.95. The van der Waals surface area contributed by atoms with E-state index in [4.69, 9.17) is 16.3 Å². The van der Waals surface area contributed by atoms with Crippen LogP contribution in [0.25, 0.3) is 0 Å². The van der Waals surface area contributed by atoms with Crippen LogP contribution in [0.15, 0.2) is 12.1 Å². The zero-order valence-electron chi connectivity index (χ0n) is 14.5. The van der Waals surface area contributed by atoms with Crippen molar-refractivity contribution in [2.45, 2.75) is 32.7 Å². The van der Waals surface area contributed by atoms with Gasteiger partial charge in [-0.3, -0.25) is 4.90 Å². The molecule has 0 aliphatic carbocycles. The highest BCUT2D eigenvalue weighted by Gasteiger charge is 2.24. The molecule has 1 saturated heterocycles. The summed E-state index contributed by atoms with van der Waals surface area (Å²) in [6.45, 7) is 8.59. The first-order valence-corrected chi connectivity index (χ1v) is 8.42. The molecule has 0 saturated carbocycles. The summed E-state index contributed by atoms with van der Waals surface area (Å²) in [7, 11) is 1.56. The van der Waals surface area contributed by atoms with Gasteiger partial charge in [-0.05, 0) is 36.5 Å². The van der Waals surface area contributed by atoms with E-state index in [1.165, 1.54) is 0 Å². The molecule has 0 amide bonds. The monoisotopic (exact) mass is 398 g/mol. The number of ether oxygens (including phenoxy) is 1. The predicted octanol–water partition coefficient (Wildman–Crippen LogP) is 4.28. The van der Waals surface area contributed by atoms with Crippen LogP contribution >= 0.6 is 36.4 Å². The maximum absolute atomic E-state index is 9.95. The van der Waals surface area contributed by atoms with Crippen molar-refractivity contribution < 1.29 is 9.84 Å². The summed E-state index contributed by atoms with van der Waals surface area (Å²) in [5, 5.41) is 13.7. The van der Waals surface area contributed by atoms with E-state index >= 15 is 0 Å². The molecule has 2 N–H and O–H groups in total. The van der Waals surface area contributed by atoms with Crippen LogP contribution in [0.1, 0.15) is 38.3 Å². The number of piperazine rings is 1. The van der Waals surface area contributed by atoms with Crippen molar-refractivity contribution in [1.82, 2.24) is 10.2 Å². The van der Waals surface area contributed by atoms with Crippen molar-refractivity contribution in [2.24, 2.45) is 5.92 Å². The summed E-state index contributed by atoms with van der Waals surface area (Å²) in [5.74, 6) is 1.14. The molecule has 1 heterocycles. The van der Waals surface area contributed by atoms with Crippen LogP contribution in [-0.2, 0) is 0 Å². The van der Waals surface area contributed by atoms with Gasteiger partial charge in [0.2, 0.25) is 0 Å². The molecular formula is C17H29Cl3N2O2. The lowest BCUT2D eigenvalue weighted by molar-refractivity contribution is 0.159. The number of methoxy groups -OCH3 is 1. The highest BCUT2D eigenvalue weighted by Crippen LogP contribution is 2.39. The SMILES string of the molecule is COc1cc([C@H](CCC(C)C)N2CCNCC2)cc(Cl)c1O.Cl.Cl. The third-order valence-electron chi connectivity index (χ3n) is 4.27. The minimum Gasteiger partial charge on any atom is -0.503 e. The van der Waals surface area contributed by atoms with Crippen molar-refractivity contribution in [3.63, 3.8) is 0 Å². The van der Waals surface area contributed by atoms with Crippen molar-refractivity contribution >= 4 is 36.4 Å². The van der Waals surface area contributed by atoms with E-state index < -0.39 is 0 Å². The van der Waals surface area contributed by atoms with Crippen LogP contribution < -0.4 is 10.1 Å². The molecule has 0 radical (unpaired) electrons. The highest BCUT2D eigenvalue weighted by molar-refractivity contribution is 6.32. The maximum Gasteiger partial charge on any atom is 0.176 e. The van der Waals surface area contributed by atoms with E-state index in [1.807, 2.05) is 12.1 Å². The summed E-state index contributed by atoms with van der Waals surface area (Å²) in [6.07, 6.45) is 2.25. The number of benzene rings is 1. The summed E-state index contributed by atoms with van der Waals surface area (Å²) in [4.78, 5) is 2.50. The molecular weight excluding hydrogens is 371 g/mol. The Labute approximate surface area is 162 Å². The number of aromatic hydroxyl groups is 1. The van der Waals surface area contributed by atoms with E-state index in [1.54, 1.807) is 7.11 Å². The van der Waals surface area contributed by atoms with E-state index in [0.717, 1.165) is 44.6 Å². The Morgan fingerprint density at radius 2 is 1.83 bits per heavy atom. The standard InChI is InChI=1S/C17H27ClN2O2.2ClH/c1-12(2)4-5-15(20-8-6-19-7-9-20)13-10-14(18)17(21)16(11-13)22-3;;/h10-12,15,19,21H,4-9H2,1-3H3;2*1H/t15-;;/m0../s1. The highest BCUT2D eigenvalue weighted by atomic mass is 35.5. The zero-order chi connectivity index (χ0) is 16.1. The molecule has 1 fully saturated rings. The second kappa shape index (κ2) is 11.3. The van der Waals surface area contributed by atoms with Gasteiger partial charge in [0.05, 0.1) is 12.1 Å². The molecule has 1 aromatic carbocycles. The molecule has 0 spiro atoms. The number of rotatable bonds is 6. The molecule has 1 atom stereocenters. The zero-order valence-corrected chi connectivity index (χ0v) is 16.9. The first-order chi connectivity index (χ1) is 10.5. The number of phenols is 1. The fourth-order valence-electron chi connectivity index (χ4n) is 2.99. The Balaban J connectivity index is 0.00000264. The second-order valence-electron chi connectivity index (χ2n) is 6.33. The molecule has 1 aliphatic heterocycles. The quantitative estimate of drug-likeness (QED) is 0.749. The Hall–Kier alpha value is -0.390. The number of nitrogens with one attached hydrogen (secondary N) is 1. The van der Waals surface area contributed by atoms with Gasteiger partial charge in [-0.15, -0.1) is 24.8 Å². The Kier molecular flexibility index (Phi) is 11.1. The average molecular weight is 400 g/mol. The van der Waals surface area contributed by atoms with Gasteiger partial charge < -0.3 is 15.2 Å². The molecule has 1 aromatic rings. The number of halogens is 3. The number of nitrogens with zero attached hydrogens (tertiary/aromatic N) is 1.